The van der Waals surface area contributed by atoms with Crippen molar-refractivity contribution in [1.29, 1.82) is 0 Å². The summed E-state index contributed by atoms with van der Waals surface area (Å²) in [7, 11) is 5.96. The number of nitrogens with zero attached hydrogens (tertiary/aromatic N) is 1. The number of hydrogen-bond donors (Lipinski definition) is 1. The maximum atomic E-state index is 12.9. The summed E-state index contributed by atoms with van der Waals surface area (Å²) in [5, 5.41) is 9.71. The molecule has 0 aliphatic heterocycles. The van der Waals surface area contributed by atoms with E-state index >= 15 is 0 Å². The lowest BCUT2D eigenvalue weighted by Crippen LogP contribution is -2.40. The molecule has 2 unspecified atom stereocenters. The summed E-state index contributed by atoms with van der Waals surface area (Å²) in [6, 6.07) is 0. The summed E-state index contributed by atoms with van der Waals surface area (Å²) in [5.41, 5.74) is 0. The molecule has 74 heavy (non-hydrogen) atoms. The number of allylic oxidation sites excluding steroid dienone is 14. The third kappa shape index (κ3) is 56.2. The van der Waals surface area contributed by atoms with E-state index in [0.29, 0.717) is 23.9 Å². The second kappa shape index (κ2) is 55.7. The molecule has 0 aliphatic carbocycles. The number of esters is 2. The van der Waals surface area contributed by atoms with Crippen molar-refractivity contribution >= 4 is 17.9 Å². The Balaban J connectivity index is 4.29. The topological polar surface area (TPSA) is 108 Å². The van der Waals surface area contributed by atoms with E-state index < -0.39 is 24.3 Å². The Labute approximate surface area is 455 Å². The fourth-order valence-electron chi connectivity index (χ4n) is 8.29. The van der Waals surface area contributed by atoms with Gasteiger partial charge in [-0.2, -0.15) is 0 Å². The molecule has 0 aliphatic rings. The molecule has 0 aromatic carbocycles. The van der Waals surface area contributed by atoms with E-state index in [4.69, 9.17) is 18.9 Å². The zero-order chi connectivity index (χ0) is 54.1. The fourth-order valence-corrected chi connectivity index (χ4v) is 8.29. The van der Waals surface area contributed by atoms with E-state index in [2.05, 4.69) is 98.9 Å². The number of ether oxygens (including phenoxy) is 4. The molecule has 0 aromatic heterocycles. The second-order valence-electron chi connectivity index (χ2n) is 21.3. The number of unbranched alkanes of at least 4 members (excludes halogenated alkanes) is 26. The third-order valence-corrected chi connectivity index (χ3v) is 12.9. The van der Waals surface area contributed by atoms with Gasteiger partial charge in [-0.25, -0.2) is 4.79 Å². The molecule has 426 valence electrons. The standard InChI is InChI=1S/C65H113NO8/c1-6-8-10-12-14-16-18-20-22-24-26-28-30-31-32-33-34-36-38-40-42-44-46-48-50-52-54-56-63(68)74-61(60-73-65(64(69)70)71-58-57-66(3,4)5)59-72-62(67)55-53-51-49-47-45-43-41-39-37-35-29-27-25-23-21-19-17-15-13-11-9-7-2/h8,10,14,16,20,22,26,28,31-32,34,36,40,42,61,65H,6-7,9,11-13,15,17-19,21,23-25,27,29-30,33,35,37-39,41,43-60H2,1-5H3/p+1/b10-8-,16-14-,22-20-,28-26-,32-31-,36-34-,42-40-. The average molecular weight is 1040 g/mol. The number of aliphatic carboxylic acids is 1. The van der Waals surface area contributed by atoms with Gasteiger partial charge in [-0.1, -0.05) is 253 Å². The fraction of sp³-hybridized carbons (Fsp3) is 0.738. The zero-order valence-electron chi connectivity index (χ0n) is 48.5. The van der Waals surface area contributed by atoms with E-state index in [1.807, 2.05) is 21.1 Å². The predicted molar refractivity (Wildman–Crippen MR) is 313 cm³/mol. The van der Waals surface area contributed by atoms with E-state index in [9.17, 15) is 19.5 Å². The number of quaternary nitrogens is 1. The Hall–Kier alpha value is -3.53. The minimum Gasteiger partial charge on any atom is -0.477 e. The molecule has 0 saturated carbocycles. The smallest absolute Gasteiger partial charge is 0.361 e. The lowest BCUT2D eigenvalue weighted by atomic mass is 10.0. The number of carbonyl (C=O) groups excluding carboxylic acids is 2. The van der Waals surface area contributed by atoms with E-state index in [-0.39, 0.29) is 32.2 Å². The van der Waals surface area contributed by atoms with Crippen LogP contribution in [0.25, 0.3) is 0 Å². The van der Waals surface area contributed by atoms with Crippen LogP contribution in [-0.4, -0.2) is 87.4 Å². The van der Waals surface area contributed by atoms with Gasteiger partial charge in [0.25, 0.3) is 6.29 Å². The zero-order valence-corrected chi connectivity index (χ0v) is 48.5. The van der Waals surface area contributed by atoms with Crippen LogP contribution >= 0.6 is 0 Å². The average Bonchev–Trinajstić information content (AvgIpc) is 3.37. The number of carboxylic acids is 1. The van der Waals surface area contributed by atoms with Crippen molar-refractivity contribution in [3.8, 4) is 0 Å². The van der Waals surface area contributed by atoms with Crippen LogP contribution in [0, 0.1) is 0 Å². The van der Waals surface area contributed by atoms with Crippen molar-refractivity contribution in [3.05, 3.63) is 85.1 Å². The number of rotatable bonds is 55. The lowest BCUT2D eigenvalue weighted by Gasteiger charge is -2.25. The Bertz CT molecular complexity index is 1490. The first kappa shape index (κ1) is 70.5. The molecule has 0 fully saturated rings. The largest absolute Gasteiger partial charge is 0.477 e. The summed E-state index contributed by atoms with van der Waals surface area (Å²) in [6.07, 6.45) is 70.9. The van der Waals surface area contributed by atoms with Crippen LogP contribution in [0.2, 0.25) is 0 Å². The molecule has 0 heterocycles. The van der Waals surface area contributed by atoms with Gasteiger partial charge in [0.2, 0.25) is 0 Å². The Morgan fingerprint density at radius 3 is 1.15 bits per heavy atom. The summed E-state index contributed by atoms with van der Waals surface area (Å²) >= 11 is 0. The number of likely N-dealkylation sites (N-methyl/N-ethyl adjacent to an activating group) is 1. The first-order chi connectivity index (χ1) is 36.1. The van der Waals surface area contributed by atoms with Gasteiger partial charge in [0.15, 0.2) is 6.10 Å². The van der Waals surface area contributed by atoms with Gasteiger partial charge in [-0.05, 0) is 70.6 Å². The monoisotopic (exact) mass is 1040 g/mol. The minimum absolute atomic E-state index is 0.181. The molecule has 9 heteroatoms. The molecule has 0 bridgehead atoms. The first-order valence-electron chi connectivity index (χ1n) is 30.3. The highest BCUT2D eigenvalue weighted by Crippen LogP contribution is 2.17. The summed E-state index contributed by atoms with van der Waals surface area (Å²) in [5.74, 6) is -2.03. The third-order valence-electron chi connectivity index (χ3n) is 12.9. The highest BCUT2D eigenvalue weighted by molar-refractivity contribution is 5.71. The lowest BCUT2D eigenvalue weighted by molar-refractivity contribution is -0.870. The molecular weight excluding hydrogens is 923 g/mol. The first-order valence-corrected chi connectivity index (χ1v) is 30.3. The van der Waals surface area contributed by atoms with Crippen LogP contribution in [0.3, 0.4) is 0 Å². The van der Waals surface area contributed by atoms with Crippen LogP contribution in [0.15, 0.2) is 85.1 Å². The molecule has 2 atom stereocenters. The van der Waals surface area contributed by atoms with Gasteiger partial charge < -0.3 is 28.5 Å². The van der Waals surface area contributed by atoms with E-state index in [0.717, 1.165) is 96.3 Å². The maximum Gasteiger partial charge on any atom is 0.361 e. The van der Waals surface area contributed by atoms with Gasteiger partial charge in [-0.15, -0.1) is 0 Å². The van der Waals surface area contributed by atoms with Crippen molar-refractivity contribution < 1.29 is 42.9 Å². The molecule has 9 nitrogen and oxygen atoms in total. The normalized spacial score (nSPS) is 13.4. The molecular formula is C65H114NO8+. The summed E-state index contributed by atoms with van der Waals surface area (Å²) in [6.45, 7) is 4.76. The molecule has 0 amide bonds. The molecule has 0 radical (unpaired) electrons. The maximum absolute atomic E-state index is 12.9. The highest BCUT2D eigenvalue weighted by Gasteiger charge is 2.25. The van der Waals surface area contributed by atoms with E-state index in [1.165, 1.54) is 122 Å². The van der Waals surface area contributed by atoms with Crippen molar-refractivity contribution in [1.82, 2.24) is 0 Å². The van der Waals surface area contributed by atoms with Crippen molar-refractivity contribution in [2.45, 2.75) is 264 Å². The van der Waals surface area contributed by atoms with Crippen LogP contribution in [0.5, 0.6) is 0 Å². The molecule has 0 saturated heterocycles. The highest BCUT2D eigenvalue weighted by atomic mass is 16.7. The van der Waals surface area contributed by atoms with Crippen LogP contribution in [0.4, 0.5) is 0 Å². The molecule has 0 spiro atoms. The predicted octanol–water partition coefficient (Wildman–Crippen LogP) is 18.0. The number of carboxylic acid groups (broad SMARTS) is 1. The molecule has 1 N–H and O–H groups in total. The summed E-state index contributed by atoms with van der Waals surface area (Å²) in [4.78, 5) is 37.5. The Morgan fingerprint density at radius 1 is 0.419 bits per heavy atom. The van der Waals surface area contributed by atoms with Gasteiger partial charge in [0, 0.05) is 12.8 Å². The second-order valence-corrected chi connectivity index (χ2v) is 21.3. The van der Waals surface area contributed by atoms with Crippen LogP contribution in [-0.2, 0) is 33.3 Å². The van der Waals surface area contributed by atoms with Gasteiger partial charge in [0.1, 0.15) is 13.2 Å². The van der Waals surface area contributed by atoms with Crippen LogP contribution in [0.1, 0.15) is 251 Å². The van der Waals surface area contributed by atoms with Crippen molar-refractivity contribution in [3.63, 3.8) is 0 Å². The number of hydrogen-bond acceptors (Lipinski definition) is 7. The van der Waals surface area contributed by atoms with Gasteiger partial charge in [-0.3, -0.25) is 9.59 Å². The number of carbonyl (C=O) groups is 3. The minimum atomic E-state index is -1.52. The SMILES string of the molecule is CC/C=C\C/C=C\C/C=C\C/C=C\C/C=C\C/C=C\C/C=C\CCCCCCCC(=O)OC(COC(=O)CCCCCCCCCCCCCCCCCCCCCCCC)COC(OCC[N+](C)(C)C)C(=O)O. The Kier molecular flexibility index (Phi) is 53.0. The summed E-state index contributed by atoms with van der Waals surface area (Å²) < 4.78 is 22.9. The quantitative estimate of drug-likeness (QED) is 0.0211. The van der Waals surface area contributed by atoms with Gasteiger partial charge >= 0.3 is 17.9 Å². The van der Waals surface area contributed by atoms with Crippen molar-refractivity contribution in [2.75, 3.05) is 47.5 Å². The molecule has 0 rings (SSSR count). The van der Waals surface area contributed by atoms with Crippen LogP contribution < -0.4 is 0 Å². The molecule has 0 aromatic rings. The van der Waals surface area contributed by atoms with Crippen molar-refractivity contribution in [2.24, 2.45) is 0 Å². The van der Waals surface area contributed by atoms with Gasteiger partial charge in [0.05, 0.1) is 34.4 Å². The Morgan fingerprint density at radius 2 is 0.770 bits per heavy atom. The van der Waals surface area contributed by atoms with E-state index in [1.54, 1.807) is 0 Å².